The summed E-state index contributed by atoms with van der Waals surface area (Å²) in [6.45, 7) is 2.74. The SMILES string of the molecule is O=P(Oc1ccccc1)(Oc1ccccc1)ON1CCNCC1. The zero-order valence-electron chi connectivity index (χ0n) is 12.6. The number of rotatable bonds is 6. The van der Waals surface area contributed by atoms with E-state index in [0.717, 1.165) is 13.1 Å². The summed E-state index contributed by atoms with van der Waals surface area (Å²) in [4.78, 5) is 0. The van der Waals surface area contributed by atoms with Gasteiger partial charge in [0.05, 0.1) is 0 Å². The van der Waals surface area contributed by atoms with Gasteiger partial charge in [0.15, 0.2) is 0 Å². The lowest BCUT2D eigenvalue weighted by Crippen LogP contribution is -2.43. The van der Waals surface area contributed by atoms with Crippen LogP contribution in [0.25, 0.3) is 0 Å². The van der Waals surface area contributed by atoms with E-state index in [0.29, 0.717) is 24.6 Å². The van der Waals surface area contributed by atoms with Crippen LogP contribution >= 0.6 is 7.82 Å². The monoisotopic (exact) mass is 334 g/mol. The van der Waals surface area contributed by atoms with Gasteiger partial charge in [-0.1, -0.05) is 36.4 Å². The van der Waals surface area contributed by atoms with Crippen LogP contribution in [0.5, 0.6) is 11.5 Å². The number of phosphoric acid groups is 1. The van der Waals surface area contributed by atoms with E-state index in [2.05, 4.69) is 5.32 Å². The molecular formula is C16H19N2O4P. The number of benzene rings is 2. The fraction of sp³-hybridized carbons (Fsp3) is 0.250. The third kappa shape index (κ3) is 4.81. The maximum Gasteiger partial charge on any atom is 0.604 e. The van der Waals surface area contributed by atoms with Gasteiger partial charge in [0, 0.05) is 26.2 Å². The van der Waals surface area contributed by atoms with Crippen molar-refractivity contribution in [1.82, 2.24) is 10.4 Å². The van der Waals surface area contributed by atoms with Gasteiger partial charge in [-0.2, -0.15) is 9.69 Å². The zero-order valence-corrected chi connectivity index (χ0v) is 13.5. The molecule has 2 aromatic carbocycles. The van der Waals surface area contributed by atoms with Crippen molar-refractivity contribution in [2.45, 2.75) is 0 Å². The molecule has 1 aliphatic heterocycles. The average Bonchev–Trinajstić information content (AvgIpc) is 2.57. The first-order valence-electron chi connectivity index (χ1n) is 7.48. The standard InChI is InChI=1S/C16H19N2O4P/c19-23(20-15-7-3-1-4-8-15,21-16-9-5-2-6-10-16)22-18-13-11-17-12-14-18/h1-10,17H,11-14H2. The van der Waals surface area contributed by atoms with Crippen molar-refractivity contribution in [3.8, 4) is 11.5 Å². The van der Waals surface area contributed by atoms with E-state index in [1.165, 1.54) is 0 Å². The smallest absolute Gasteiger partial charge is 0.394 e. The number of phosphoric ester groups is 1. The Bertz CT molecular complexity index is 602. The van der Waals surface area contributed by atoms with E-state index < -0.39 is 7.82 Å². The first-order valence-corrected chi connectivity index (χ1v) is 8.94. The molecule has 0 spiro atoms. The van der Waals surface area contributed by atoms with Gasteiger partial charge in [-0.25, -0.2) is 4.57 Å². The van der Waals surface area contributed by atoms with Crippen LogP contribution in [0.2, 0.25) is 0 Å². The Kier molecular flexibility index (Phi) is 5.31. The Morgan fingerprint density at radius 3 is 1.78 bits per heavy atom. The van der Waals surface area contributed by atoms with Crippen molar-refractivity contribution in [2.75, 3.05) is 26.2 Å². The van der Waals surface area contributed by atoms with Crippen LogP contribution in [0.4, 0.5) is 0 Å². The minimum Gasteiger partial charge on any atom is -0.394 e. The van der Waals surface area contributed by atoms with Crippen LogP contribution in [0.3, 0.4) is 0 Å². The molecule has 0 atom stereocenters. The van der Waals surface area contributed by atoms with Crippen LogP contribution in [-0.2, 0) is 9.19 Å². The molecule has 3 rings (SSSR count). The van der Waals surface area contributed by atoms with Crippen molar-refractivity contribution >= 4 is 7.82 Å². The van der Waals surface area contributed by atoms with Gasteiger partial charge in [0.25, 0.3) is 0 Å². The zero-order chi connectivity index (χ0) is 16.0. The van der Waals surface area contributed by atoms with Crippen molar-refractivity contribution in [3.05, 3.63) is 60.7 Å². The maximum absolute atomic E-state index is 13.1. The molecule has 0 bridgehead atoms. The molecule has 0 unspecified atom stereocenters. The van der Waals surface area contributed by atoms with Crippen molar-refractivity contribution in [3.63, 3.8) is 0 Å². The maximum atomic E-state index is 13.1. The highest BCUT2D eigenvalue weighted by Gasteiger charge is 2.35. The van der Waals surface area contributed by atoms with E-state index in [4.69, 9.17) is 13.7 Å². The molecule has 122 valence electrons. The Hall–Kier alpha value is -1.85. The van der Waals surface area contributed by atoms with E-state index in [-0.39, 0.29) is 0 Å². The lowest BCUT2D eigenvalue weighted by molar-refractivity contribution is -0.0842. The summed E-state index contributed by atoms with van der Waals surface area (Å²) in [5.41, 5.74) is 0. The number of hydroxylamine groups is 2. The summed E-state index contributed by atoms with van der Waals surface area (Å²) >= 11 is 0. The third-order valence-corrected chi connectivity index (χ3v) is 4.51. The molecule has 2 aromatic rings. The molecule has 23 heavy (non-hydrogen) atoms. The highest BCUT2D eigenvalue weighted by Crippen LogP contribution is 2.50. The number of nitrogens with one attached hydrogen (secondary N) is 1. The second-order valence-electron chi connectivity index (χ2n) is 5.02. The first-order chi connectivity index (χ1) is 11.2. The quantitative estimate of drug-likeness (QED) is 0.819. The molecule has 1 saturated heterocycles. The highest BCUT2D eigenvalue weighted by molar-refractivity contribution is 7.49. The summed E-state index contributed by atoms with van der Waals surface area (Å²) in [6.07, 6.45) is 0. The van der Waals surface area contributed by atoms with E-state index >= 15 is 0 Å². The van der Waals surface area contributed by atoms with Crippen LogP contribution < -0.4 is 14.4 Å². The van der Waals surface area contributed by atoms with Gasteiger partial charge < -0.3 is 14.4 Å². The Balaban J connectivity index is 1.77. The van der Waals surface area contributed by atoms with Gasteiger partial charge >= 0.3 is 7.82 Å². The molecule has 6 nitrogen and oxygen atoms in total. The lowest BCUT2D eigenvalue weighted by atomic mass is 10.3. The second-order valence-corrected chi connectivity index (χ2v) is 6.44. The Morgan fingerprint density at radius 1 is 0.826 bits per heavy atom. The average molecular weight is 334 g/mol. The lowest BCUT2D eigenvalue weighted by Gasteiger charge is -2.29. The number of hydrogen-bond donors (Lipinski definition) is 1. The van der Waals surface area contributed by atoms with E-state index in [1.54, 1.807) is 53.6 Å². The molecule has 1 fully saturated rings. The summed E-state index contributed by atoms with van der Waals surface area (Å²) in [5.74, 6) is 0.865. The first kappa shape index (κ1) is 16.0. The fourth-order valence-electron chi connectivity index (χ4n) is 2.14. The highest BCUT2D eigenvalue weighted by atomic mass is 31.2. The van der Waals surface area contributed by atoms with Gasteiger partial charge in [0.2, 0.25) is 0 Å². The van der Waals surface area contributed by atoms with Crippen molar-refractivity contribution < 1.29 is 18.2 Å². The van der Waals surface area contributed by atoms with Crippen molar-refractivity contribution in [1.29, 1.82) is 0 Å². The molecule has 7 heteroatoms. The normalized spacial score (nSPS) is 16.0. The van der Waals surface area contributed by atoms with E-state index in [9.17, 15) is 4.57 Å². The molecule has 0 radical (unpaired) electrons. The number of piperazine rings is 1. The van der Waals surface area contributed by atoms with Gasteiger partial charge in [-0.05, 0) is 24.3 Å². The Morgan fingerprint density at radius 2 is 1.30 bits per heavy atom. The van der Waals surface area contributed by atoms with Crippen LogP contribution in [0.15, 0.2) is 60.7 Å². The number of nitrogens with zero attached hydrogens (tertiary/aromatic N) is 1. The van der Waals surface area contributed by atoms with Crippen LogP contribution in [0.1, 0.15) is 0 Å². The summed E-state index contributed by atoms with van der Waals surface area (Å²) in [5, 5.41) is 4.82. The minimum absolute atomic E-state index is 0.432. The molecule has 1 aliphatic rings. The van der Waals surface area contributed by atoms with Gasteiger partial charge in [0.1, 0.15) is 11.5 Å². The molecule has 1 heterocycles. The third-order valence-electron chi connectivity index (χ3n) is 3.21. The molecule has 1 N–H and O–H groups in total. The fourth-order valence-corrected chi connectivity index (χ4v) is 3.45. The van der Waals surface area contributed by atoms with E-state index in [1.807, 2.05) is 12.1 Å². The topological polar surface area (TPSA) is 60.0 Å². The summed E-state index contributed by atoms with van der Waals surface area (Å²) in [6, 6.07) is 17.7. The Labute approximate surface area is 135 Å². The summed E-state index contributed by atoms with van der Waals surface area (Å²) in [7, 11) is -3.83. The van der Waals surface area contributed by atoms with Crippen molar-refractivity contribution in [2.24, 2.45) is 0 Å². The predicted molar refractivity (Wildman–Crippen MR) is 87.3 cm³/mol. The number of hydrogen-bond acceptors (Lipinski definition) is 6. The molecule has 0 saturated carbocycles. The minimum atomic E-state index is -3.83. The molecule has 0 amide bonds. The predicted octanol–water partition coefficient (Wildman–Crippen LogP) is 3.09. The number of para-hydroxylation sites is 2. The molecule has 0 aromatic heterocycles. The largest absolute Gasteiger partial charge is 0.604 e. The van der Waals surface area contributed by atoms with Gasteiger partial charge in [-0.15, -0.1) is 0 Å². The van der Waals surface area contributed by atoms with Crippen LogP contribution in [0, 0.1) is 0 Å². The second kappa shape index (κ2) is 7.62. The molecule has 0 aliphatic carbocycles. The van der Waals surface area contributed by atoms with Crippen LogP contribution in [-0.4, -0.2) is 31.2 Å². The molecular weight excluding hydrogens is 315 g/mol. The van der Waals surface area contributed by atoms with Gasteiger partial charge in [-0.3, -0.25) is 0 Å². The summed E-state index contributed by atoms with van der Waals surface area (Å²) < 4.78 is 29.8.